The maximum atomic E-state index is 12.6. The number of hydrogen-bond donors (Lipinski definition) is 5. The maximum absolute atomic E-state index is 12.6. The van der Waals surface area contributed by atoms with Crippen molar-refractivity contribution < 1.29 is 50.6 Å². The second-order valence-corrected chi connectivity index (χ2v) is 18.0. The molecule has 6 N–H and O–H groups in total. The number of rotatable bonds is 9. The zero-order chi connectivity index (χ0) is 37.6. The molecule has 2 saturated heterocycles. The summed E-state index contributed by atoms with van der Waals surface area (Å²) in [6.45, 7) is 16.2. The first-order valence-electron chi connectivity index (χ1n) is 16.7. The molecule has 2 aliphatic heterocycles. The van der Waals surface area contributed by atoms with E-state index in [4.69, 9.17) is 19.7 Å². The van der Waals surface area contributed by atoms with Gasteiger partial charge in [0.1, 0.15) is 22.3 Å². The van der Waals surface area contributed by atoms with E-state index in [1.807, 2.05) is 13.8 Å². The first-order valence-corrected chi connectivity index (χ1v) is 19.6. The van der Waals surface area contributed by atoms with Gasteiger partial charge in [-0.15, -0.1) is 0 Å². The Morgan fingerprint density at radius 3 is 1.41 bits per heavy atom. The van der Waals surface area contributed by atoms with Crippen molar-refractivity contribution in [3.8, 4) is 0 Å². The second-order valence-electron chi connectivity index (χ2n) is 14.8. The molecule has 0 aromatic rings. The van der Waals surface area contributed by atoms with Crippen molar-refractivity contribution in [2.24, 2.45) is 17.0 Å². The van der Waals surface area contributed by atoms with E-state index in [9.17, 15) is 36.0 Å². The molecule has 2 saturated carbocycles. The molecule has 0 aromatic carbocycles. The fourth-order valence-electron chi connectivity index (χ4n) is 5.72. The number of ether oxygens (including phenoxy) is 2. The van der Waals surface area contributed by atoms with Gasteiger partial charge in [-0.25, -0.2) is 24.2 Å². The zero-order valence-corrected chi connectivity index (χ0v) is 31.6. The number of nitrogens with two attached hydrogens (primary N) is 1. The summed E-state index contributed by atoms with van der Waals surface area (Å²) in [4.78, 5) is 47.2. The zero-order valence-electron chi connectivity index (χ0n) is 30.0. The Bertz CT molecular complexity index is 1420. The number of amides is 3. The molecule has 0 radical (unpaired) electrons. The molecule has 0 aromatic heterocycles. The fraction of sp³-hybridized carbons (Fsp3) is 0.867. The van der Waals surface area contributed by atoms with E-state index in [0.29, 0.717) is 45.4 Å². The number of carboxylic acid groups (broad SMARTS) is 1. The quantitative estimate of drug-likeness (QED) is 0.229. The van der Waals surface area contributed by atoms with Crippen molar-refractivity contribution in [3.63, 3.8) is 0 Å². The van der Waals surface area contributed by atoms with Crippen LogP contribution in [0.15, 0.2) is 0 Å². The molecule has 17 nitrogen and oxygen atoms in total. The van der Waals surface area contributed by atoms with Gasteiger partial charge in [-0.1, -0.05) is 26.7 Å². The molecular weight excluding hydrogens is 684 g/mol. The van der Waals surface area contributed by atoms with Gasteiger partial charge in [0.05, 0.1) is 0 Å². The van der Waals surface area contributed by atoms with Gasteiger partial charge in [-0.3, -0.25) is 4.79 Å². The van der Waals surface area contributed by atoms with E-state index in [-0.39, 0.29) is 11.8 Å². The number of hydrogen-bond acceptors (Lipinski definition) is 10. The van der Waals surface area contributed by atoms with E-state index in [1.54, 1.807) is 41.5 Å². The van der Waals surface area contributed by atoms with Gasteiger partial charge in [0, 0.05) is 26.2 Å². The monoisotopic (exact) mass is 740 g/mol. The average Bonchev–Trinajstić information content (AvgIpc) is 3.55. The molecule has 0 bridgehead atoms. The molecule has 0 unspecified atom stereocenters. The lowest BCUT2D eigenvalue weighted by Crippen LogP contribution is -2.55. The molecular formula is C30H56N6O11S2. The standard InChI is InChI=1S/C15H27N3O5S.C11H19NO4.C4H10N2O2S/c1-5-11-10-15(11,16-13(20)23-14(2,3)4)12(19)17-24(21,22)18-8-6-7-9-18;1-5-7-6-11(7,8(13)14)12-9(15)16-10(2,3)4;5-9(7,8)6-3-1-2-4-6/h11H,5-10H2,1-4H3,(H,16,20)(H,17,19);7H,5-6H2,1-4H3,(H,12,15)(H,13,14);1-4H2,(H2,5,7,8)/t11-,15-;7-,11-;/m11./s1. The van der Waals surface area contributed by atoms with Gasteiger partial charge < -0.3 is 25.2 Å². The number of carboxylic acids is 1. The predicted molar refractivity (Wildman–Crippen MR) is 180 cm³/mol. The van der Waals surface area contributed by atoms with E-state index in [1.165, 1.54) is 8.61 Å². The van der Waals surface area contributed by atoms with Gasteiger partial charge >= 0.3 is 28.4 Å². The number of alkyl carbamates (subject to hydrolysis) is 2. The summed E-state index contributed by atoms with van der Waals surface area (Å²) >= 11 is 0. The number of carbonyl (C=O) groups is 4. The van der Waals surface area contributed by atoms with Crippen LogP contribution in [0.3, 0.4) is 0 Å². The Labute approximate surface area is 290 Å². The van der Waals surface area contributed by atoms with Crippen LogP contribution < -0.4 is 20.5 Å². The van der Waals surface area contributed by atoms with Crippen LogP contribution in [0.2, 0.25) is 0 Å². The van der Waals surface area contributed by atoms with Crippen LogP contribution >= 0.6 is 0 Å². The van der Waals surface area contributed by atoms with E-state index in [0.717, 1.165) is 32.1 Å². The van der Waals surface area contributed by atoms with Gasteiger partial charge in [0.2, 0.25) is 0 Å². The lowest BCUT2D eigenvalue weighted by Gasteiger charge is -2.24. The molecule has 49 heavy (non-hydrogen) atoms. The maximum Gasteiger partial charge on any atom is 0.408 e. The average molecular weight is 741 g/mol. The predicted octanol–water partition coefficient (Wildman–Crippen LogP) is 2.19. The van der Waals surface area contributed by atoms with Crippen molar-refractivity contribution in [2.75, 3.05) is 26.2 Å². The molecule has 4 rings (SSSR count). The first-order chi connectivity index (χ1) is 22.3. The SMILES string of the molecule is CC[C@@H]1C[C@]1(NC(=O)OC(C)(C)C)C(=O)NS(=O)(=O)N1CCCC1.CC[C@@H]1C[C@]1(NC(=O)OC(C)(C)C)C(=O)O.NS(=O)(=O)N1CCCC1. The largest absolute Gasteiger partial charge is 0.479 e. The molecule has 4 fully saturated rings. The lowest BCUT2D eigenvalue weighted by molar-refractivity contribution is -0.141. The summed E-state index contributed by atoms with van der Waals surface area (Å²) < 4.78 is 60.5. The van der Waals surface area contributed by atoms with Gasteiger partial charge in [0.15, 0.2) is 0 Å². The van der Waals surface area contributed by atoms with Crippen molar-refractivity contribution in [2.45, 2.75) is 129 Å². The third-order valence-corrected chi connectivity index (χ3v) is 11.1. The third-order valence-electron chi connectivity index (χ3n) is 8.48. The van der Waals surface area contributed by atoms with Crippen molar-refractivity contribution >= 4 is 44.5 Å². The second kappa shape index (κ2) is 16.1. The molecule has 4 aliphatic rings. The molecule has 2 aliphatic carbocycles. The fourth-order valence-corrected chi connectivity index (χ4v) is 7.77. The van der Waals surface area contributed by atoms with E-state index in [2.05, 4.69) is 15.4 Å². The summed E-state index contributed by atoms with van der Waals surface area (Å²) in [5, 5.41) is 19.0. The highest BCUT2D eigenvalue weighted by molar-refractivity contribution is 7.87. The Morgan fingerprint density at radius 1 is 0.735 bits per heavy atom. The molecule has 4 atom stereocenters. The normalized spacial score (nSPS) is 27.0. The van der Waals surface area contributed by atoms with Gasteiger partial charge in [-0.2, -0.15) is 25.4 Å². The summed E-state index contributed by atoms with van der Waals surface area (Å²) in [5.74, 6) is -1.76. The Balaban J connectivity index is 0.000000285. The minimum absolute atomic E-state index is 0.0116. The van der Waals surface area contributed by atoms with Gasteiger partial charge in [-0.05, 0) is 91.9 Å². The number of aliphatic carboxylic acids is 1. The van der Waals surface area contributed by atoms with Crippen molar-refractivity contribution in [1.82, 2.24) is 24.0 Å². The molecule has 284 valence electrons. The van der Waals surface area contributed by atoms with Crippen molar-refractivity contribution in [1.29, 1.82) is 0 Å². The molecule has 19 heteroatoms. The summed E-state index contributed by atoms with van der Waals surface area (Å²) in [5.41, 5.74) is -3.61. The minimum atomic E-state index is -3.86. The van der Waals surface area contributed by atoms with Crippen LogP contribution in [-0.2, 0) is 39.5 Å². The number of nitrogens with zero attached hydrogens (tertiary/aromatic N) is 2. The van der Waals surface area contributed by atoms with E-state index >= 15 is 0 Å². The Kier molecular flexibility index (Phi) is 13.9. The van der Waals surface area contributed by atoms with Gasteiger partial charge in [0.25, 0.3) is 16.1 Å². The van der Waals surface area contributed by atoms with Crippen molar-refractivity contribution in [3.05, 3.63) is 0 Å². The third kappa shape index (κ3) is 12.5. The highest BCUT2D eigenvalue weighted by atomic mass is 32.2. The lowest BCUT2D eigenvalue weighted by atomic mass is 10.1. The van der Waals surface area contributed by atoms with Crippen LogP contribution in [0.1, 0.15) is 107 Å². The number of nitrogens with one attached hydrogen (secondary N) is 3. The minimum Gasteiger partial charge on any atom is -0.479 e. The number of carbonyl (C=O) groups excluding carboxylic acids is 3. The smallest absolute Gasteiger partial charge is 0.408 e. The summed E-state index contributed by atoms with van der Waals surface area (Å²) in [7, 11) is -7.23. The Hall–Kier alpha value is -2.74. The highest BCUT2D eigenvalue weighted by Gasteiger charge is 2.62. The van der Waals surface area contributed by atoms with Crippen LogP contribution in [0.4, 0.5) is 9.59 Å². The van der Waals surface area contributed by atoms with Crippen LogP contribution in [0.5, 0.6) is 0 Å². The molecule has 2 heterocycles. The van der Waals surface area contributed by atoms with Crippen LogP contribution in [0, 0.1) is 11.8 Å². The molecule has 3 amide bonds. The first kappa shape index (κ1) is 42.4. The Morgan fingerprint density at radius 2 is 1.10 bits per heavy atom. The highest BCUT2D eigenvalue weighted by Crippen LogP contribution is 2.47. The van der Waals surface area contributed by atoms with Crippen LogP contribution in [-0.4, -0.2) is 103 Å². The summed E-state index contributed by atoms with van der Waals surface area (Å²) in [6.07, 6.45) is 4.37. The summed E-state index contributed by atoms with van der Waals surface area (Å²) in [6, 6.07) is 0. The van der Waals surface area contributed by atoms with E-state index < -0.39 is 66.8 Å². The topological polar surface area (TPSA) is 244 Å². The van der Waals surface area contributed by atoms with Crippen LogP contribution in [0.25, 0.3) is 0 Å². The molecule has 0 spiro atoms.